The number of allylic oxidation sites excluding steroid dienone is 1. The number of aliphatic hydroxyl groups excluding tert-OH is 1. The number of hydrogen-bond acceptors (Lipinski definition) is 3. The largest absolute Gasteiger partial charge is 0.393 e. The first-order valence-electron chi connectivity index (χ1n) is 16.2. The normalized spacial score (nSPS) is 36.7. The summed E-state index contributed by atoms with van der Waals surface area (Å²) in [7, 11) is 0. The van der Waals surface area contributed by atoms with Crippen molar-refractivity contribution in [2.24, 2.45) is 57.8 Å². The van der Waals surface area contributed by atoms with Crippen molar-refractivity contribution in [1.29, 1.82) is 10.8 Å². The van der Waals surface area contributed by atoms with Crippen LogP contribution >= 0.6 is 0 Å². The Balaban J connectivity index is 0.000000532. The third-order valence-electron chi connectivity index (χ3n) is 11.8. The molecule has 0 aromatic carbocycles. The topological polar surface area (TPSA) is 132 Å². The Morgan fingerprint density at radius 3 is 2.31 bits per heavy atom. The van der Waals surface area contributed by atoms with E-state index in [1.807, 2.05) is 5.32 Å². The van der Waals surface area contributed by atoms with Gasteiger partial charge in [0, 0.05) is 0 Å². The zero-order valence-electron chi connectivity index (χ0n) is 25.8. The van der Waals surface area contributed by atoms with Gasteiger partial charge in [0.15, 0.2) is 11.9 Å². The number of aliphatic hydroxyl groups is 1. The van der Waals surface area contributed by atoms with E-state index in [4.69, 9.17) is 22.3 Å². The summed E-state index contributed by atoms with van der Waals surface area (Å²) < 4.78 is 0. The van der Waals surface area contributed by atoms with E-state index in [0.717, 1.165) is 48.3 Å². The second kappa shape index (κ2) is 13.9. The van der Waals surface area contributed by atoms with Crippen LogP contribution in [-0.4, -0.2) is 23.1 Å². The number of fused-ring (bicyclic) bond motifs is 5. The van der Waals surface area contributed by atoms with Gasteiger partial charge in [0.1, 0.15) is 0 Å². The first kappa shape index (κ1) is 32.0. The standard InChI is InChI=1S/C31H54O.C2H7N5/c1-6-7-8-10-22(2)11-9-12-23(3)27-15-16-28-26-14-13-24-21-25(32)17-19-30(24,4)29(26)18-20-31(27,28)5;3-1(4)7-2(5)6/h13,22-23,25-29,32H,6-12,14-21H2,1-5H3;(H7,3,4,5,6,7)/t22?,23?,25-,26-,27+,28-,29-,30-,31+;/m0./s1. The van der Waals surface area contributed by atoms with Gasteiger partial charge in [0.05, 0.1) is 6.10 Å². The van der Waals surface area contributed by atoms with Crippen molar-refractivity contribution in [3.05, 3.63) is 11.6 Å². The molecule has 4 aliphatic rings. The number of rotatable bonds is 9. The van der Waals surface area contributed by atoms with Crippen LogP contribution in [0.15, 0.2) is 11.6 Å². The van der Waals surface area contributed by atoms with Crippen LogP contribution in [0.4, 0.5) is 0 Å². The molecular weight excluding hydrogens is 482 g/mol. The van der Waals surface area contributed by atoms with Gasteiger partial charge >= 0.3 is 0 Å². The van der Waals surface area contributed by atoms with Crippen molar-refractivity contribution in [3.8, 4) is 0 Å². The number of nitrogens with one attached hydrogen (secondary N) is 3. The average molecular weight is 544 g/mol. The molecule has 39 heavy (non-hydrogen) atoms. The molecule has 0 aromatic heterocycles. The molecule has 4 rings (SSSR count). The molecular formula is C33H61N5O. The molecule has 0 amide bonds. The SMILES string of the molecule is CCCCCC(C)CCCC(C)[C@H]1CC[C@H]2[C@@H]3CC=C4C[C@@H](O)CC[C@]4(C)[C@H]3CC[C@]12C.N=C(N)NC(=N)N. The summed E-state index contributed by atoms with van der Waals surface area (Å²) >= 11 is 0. The molecule has 224 valence electrons. The lowest BCUT2D eigenvalue weighted by atomic mass is 9.47. The predicted octanol–water partition coefficient (Wildman–Crippen LogP) is 7.31. The van der Waals surface area contributed by atoms with Crippen LogP contribution in [0.2, 0.25) is 0 Å². The monoisotopic (exact) mass is 543 g/mol. The zero-order chi connectivity index (χ0) is 28.8. The minimum absolute atomic E-state index is 0.0780. The Hall–Kier alpha value is -1.56. The van der Waals surface area contributed by atoms with Crippen LogP contribution in [0.5, 0.6) is 0 Å². The molecule has 6 heteroatoms. The molecule has 0 radical (unpaired) electrons. The second-order valence-corrected chi connectivity index (χ2v) is 14.3. The molecule has 0 aromatic rings. The van der Waals surface area contributed by atoms with Gasteiger partial charge < -0.3 is 16.6 Å². The van der Waals surface area contributed by atoms with Crippen LogP contribution in [0, 0.1) is 57.2 Å². The molecule has 2 unspecified atom stereocenters. The van der Waals surface area contributed by atoms with E-state index in [0.29, 0.717) is 10.8 Å². The summed E-state index contributed by atoms with van der Waals surface area (Å²) in [6, 6.07) is 0. The van der Waals surface area contributed by atoms with E-state index < -0.39 is 0 Å². The smallest absolute Gasteiger partial charge is 0.192 e. The third kappa shape index (κ3) is 7.59. The second-order valence-electron chi connectivity index (χ2n) is 14.3. The van der Waals surface area contributed by atoms with Gasteiger partial charge in [0.2, 0.25) is 0 Å². The van der Waals surface area contributed by atoms with E-state index in [-0.39, 0.29) is 18.0 Å². The van der Waals surface area contributed by atoms with Crippen molar-refractivity contribution in [2.75, 3.05) is 0 Å². The van der Waals surface area contributed by atoms with Crippen molar-refractivity contribution in [3.63, 3.8) is 0 Å². The first-order chi connectivity index (χ1) is 18.4. The number of guanidine groups is 2. The summed E-state index contributed by atoms with van der Waals surface area (Å²) in [6.07, 6.45) is 22.9. The molecule has 0 saturated heterocycles. The van der Waals surface area contributed by atoms with Crippen molar-refractivity contribution in [1.82, 2.24) is 5.32 Å². The maximum atomic E-state index is 10.3. The van der Waals surface area contributed by atoms with E-state index in [9.17, 15) is 5.11 Å². The third-order valence-corrected chi connectivity index (χ3v) is 11.8. The number of unbranched alkanes of at least 4 members (excludes halogenated alkanes) is 2. The lowest BCUT2D eigenvalue weighted by Crippen LogP contribution is -2.50. The van der Waals surface area contributed by atoms with E-state index >= 15 is 0 Å². The van der Waals surface area contributed by atoms with E-state index in [1.54, 1.807) is 5.57 Å². The minimum Gasteiger partial charge on any atom is -0.393 e. The highest BCUT2D eigenvalue weighted by Gasteiger charge is 2.59. The molecule has 8 N–H and O–H groups in total. The van der Waals surface area contributed by atoms with Gasteiger partial charge in [0.25, 0.3) is 0 Å². The van der Waals surface area contributed by atoms with Gasteiger partial charge in [-0.15, -0.1) is 0 Å². The summed E-state index contributed by atoms with van der Waals surface area (Å²) in [5, 5.41) is 25.2. The molecule has 9 atom stereocenters. The fourth-order valence-electron chi connectivity index (χ4n) is 9.64. The average Bonchev–Trinajstić information content (AvgIpc) is 3.21. The van der Waals surface area contributed by atoms with Crippen LogP contribution < -0.4 is 16.8 Å². The zero-order valence-corrected chi connectivity index (χ0v) is 25.8. The Morgan fingerprint density at radius 1 is 0.974 bits per heavy atom. The summed E-state index contributed by atoms with van der Waals surface area (Å²) in [4.78, 5) is 0. The van der Waals surface area contributed by atoms with Crippen LogP contribution in [0.3, 0.4) is 0 Å². The van der Waals surface area contributed by atoms with Crippen LogP contribution in [-0.2, 0) is 0 Å². The first-order valence-corrected chi connectivity index (χ1v) is 16.2. The summed E-state index contributed by atoms with van der Waals surface area (Å²) in [6.45, 7) is 12.7. The van der Waals surface area contributed by atoms with E-state index in [2.05, 4.69) is 40.7 Å². The van der Waals surface area contributed by atoms with Crippen molar-refractivity contribution in [2.45, 2.75) is 137 Å². The summed E-state index contributed by atoms with van der Waals surface area (Å²) in [5.74, 6) is 4.89. The van der Waals surface area contributed by atoms with Crippen molar-refractivity contribution < 1.29 is 5.11 Å². The maximum Gasteiger partial charge on any atom is 0.192 e. The molecule has 0 aliphatic heterocycles. The molecule has 4 aliphatic carbocycles. The van der Waals surface area contributed by atoms with Crippen LogP contribution in [0.25, 0.3) is 0 Å². The fraction of sp³-hybridized carbons (Fsp3) is 0.879. The van der Waals surface area contributed by atoms with Gasteiger partial charge in [-0.25, -0.2) is 0 Å². The highest BCUT2D eigenvalue weighted by molar-refractivity contribution is 5.93. The predicted molar refractivity (Wildman–Crippen MR) is 164 cm³/mol. The molecule has 0 bridgehead atoms. The number of hydrogen-bond donors (Lipinski definition) is 6. The molecule has 0 heterocycles. The van der Waals surface area contributed by atoms with Crippen molar-refractivity contribution >= 4 is 11.9 Å². The molecule has 3 fully saturated rings. The van der Waals surface area contributed by atoms with Gasteiger partial charge in [-0.05, 0) is 97.7 Å². The van der Waals surface area contributed by atoms with Gasteiger partial charge in [-0.3, -0.25) is 16.1 Å². The fourth-order valence-corrected chi connectivity index (χ4v) is 9.64. The Labute approximate surface area is 239 Å². The number of nitrogens with two attached hydrogens (primary N) is 2. The van der Waals surface area contributed by atoms with E-state index in [1.165, 1.54) is 83.5 Å². The van der Waals surface area contributed by atoms with Gasteiger partial charge in [-0.1, -0.05) is 91.2 Å². The lowest BCUT2D eigenvalue weighted by Gasteiger charge is -2.58. The summed E-state index contributed by atoms with van der Waals surface area (Å²) in [5.41, 5.74) is 12.1. The Bertz CT molecular complexity index is 845. The molecule has 3 saturated carbocycles. The highest BCUT2D eigenvalue weighted by Crippen LogP contribution is 2.67. The van der Waals surface area contributed by atoms with Gasteiger partial charge in [-0.2, -0.15) is 0 Å². The maximum absolute atomic E-state index is 10.3. The highest BCUT2D eigenvalue weighted by atomic mass is 16.3. The van der Waals surface area contributed by atoms with Crippen LogP contribution in [0.1, 0.15) is 131 Å². The lowest BCUT2D eigenvalue weighted by molar-refractivity contribution is -0.0573. The Morgan fingerprint density at radius 2 is 1.67 bits per heavy atom. The quantitative estimate of drug-likeness (QED) is 0.0787. The molecule has 6 nitrogen and oxygen atoms in total. The minimum atomic E-state index is -0.312. The molecule has 0 spiro atoms. The Kier molecular flexibility index (Phi) is 11.4.